The first kappa shape index (κ1) is 12.8. The summed E-state index contributed by atoms with van der Waals surface area (Å²) in [7, 11) is 1.75. The van der Waals surface area contributed by atoms with Crippen LogP contribution in [0, 0.1) is 0 Å². The second-order valence-corrected chi connectivity index (χ2v) is 5.19. The number of hydrogen-bond acceptors (Lipinski definition) is 4. The third kappa shape index (κ3) is 2.61. The van der Waals surface area contributed by atoms with Crippen LogP contribution in [0.15, 0.2) is 28.5 Å². The molecule has 1 unspecified atom stereocenters. The Bertz CT molecular complexity index is 588. The van der Waals surface area contributed by atoms with Crippen LogP contribution in [-0.4, -0.2) is 15.6 Å². The number of nitrogens with one attached hydrogen (secondary N) is 1. The average Bonchev–Trinajstić information content (AvgIpc) is 2.80. The van der Waals surface area contributed by atoms with Crippen molar-refractivity contribution < 1.29 is 0 Å². The van der Waals surface area contributed by atoms with Crippen LogP contribution < -0.4 is 10.9 Å². The lowest BCUT2D eigenvalue weighted by Crippen LogP contribution is -2.17. The van der Waals surface area contributed by atoms with E-state index in [4.69, 9.17) is 0 Å². The molecule has 2 rings (SSSR count). The topological polar surface area (TPSA) is 46.9 Å². The highest BCUT2D eigenvalue weighted by atomic mass is 32.1. The highest BCUT2D eigenvalue weighted by Gasteiger charge is 2.09. The monoisotopic (exact) mass is 263 g/mol. The average molecular weight is 263 g/mol. The van der Waals surface area contributed by atoms with Crippen molar-refractivity contribution in [1.82, 2.24) is 9.55 Å². The highest BCUT2D eigenvalue weighted by molar-refractivity contribution is 7.14. The Labute approximate surface area is 110 Å². The van der Waals surface area contributed by atoms with Crippen LogP contribution in [0.1, 0.15) is 20.3 Å². The molecule has 0 aliphatic carbocycles. The van der Waals surface area contributed by atoms with Gasteiger partial charge in [-0.1, -0.05) is 6.92 Å². The number of thiazole rings is 1. The molecule has 0 saturated heterocycles. The molecule has 1 N–H and O–H groups in total. The molecule has 2 aromatic rings. The summed E-state index contributed by atoms with van der Waals surface area (Å²) in [5.74, 6) is 0. The minimum Gasteiger partial charge on any atom is -0.359 e. The molecule has 0 aliphatic rings. The van der Waals surface area contributed by atoms with E-state index in [0.29, 0.717) is 11.6 Å². The third-order valence-electron chi connectivity index (χ3n) is 2.89. The van der Waals surface area contributed by atoms with Gasteiger partial charge in [0, 0.05) is 24.7 Å². The number of hydrogen-bond donors (Lipinski definition) is 1. The quantitative estimate of drug-likeness (QED) is 0.922. The van der Waals surface area contributed by atoms with Crippen LogP contribution in [0.5, 0.6) is 0 Å². The van der Waals surface area contributed by atoms with Crippen LogP contribution >= 0.6 is 11.3 Å². The van der Waals surface area contributed by atoms with E-state index < -0.39 is 0 Å². The Morgan fingerprint density at radius 2 is 2.33 bits per heavy atom. The molecule has 96 valence electrons. The summed E-state index contributed by atoms with van der Waals surface area (Å²) < 4.78 is 1.57. The summed E-state index contributed by atoms with van der Waals surface area (Å²) in [6, 6.07) is 4.06. The summed E-state index contributed by atoms with van der Waals surface area (Å²) >= 11 is 1.53. The van der Waals surface area contributed by atoms with Crippen molar-refractivity contribution >= 4 is 16.5 Å². The largest absolute Gasteiger partial charge is 0.359 e. The third-order valence-corrected chi connectivity index (χ3v) is 3.66. The van der Waals surface area contributed by atoms with Gasteiger partial charge in [0.1, 0.15) is 0 Å². The Morgan fingerprint density at radius 1 is 1.56 bits per heavy atom. The van der Waals surface area contributed by atoms with E-state index in [2.05, 4.69) is 24.1 Å². The maximum absolute atomic E-state index is 12.0. The molecule has 0 fully saturated rings. The van der Waals surface area contributed by atoms with Gasteiger partial charge < -0.3 is 9.88 Å². The second-order valence-electron chi connectivity index (χ2n) is 4.33. The van der Waals surface area contributed by atoms with Crippen LogP contribution in [0.2, 0.25) is 0 Å². The lowest BCUT2D eigenvalue weighted by molar-refractivity contribution is 0.763. The van der Waals surface area contributed by atoms with E-state index in [9.17, 15) is 4.79 Å². The minimum absolute atomic E-state index is 0.0158. The number of rotatable bonds is 4. The Hall–Kier alpha value is -1.62. The van der Waals surface area contributed by atoms with Crippen molar-refractivity contribution in [3.8, 4) is 11.3 Å². The highest BCUT2D eigenvalue weighted by Crippen LogP contribution is 2.23. The van der Waals surface area contributed by atoms with Gasteiger partial charge in [-0.05, 0) is 25.5 Å². The Morgan fingerprint density at radius 3 is 3.06 bits per heavy atom. The van der Waals surface area contributed by atoms with E-state index in [1.54, 1.807) is 17.8 Å². The van der Waals surface area contributed by atoms with Crippen LogP contribution in [0.3, 0.4) is 0 Å². The minimum atomic E-state index is -0.0158. The fourth-order valence-corrected chi connectivity index (χ4v) is 2.39. The normalized spacial score (nSPS) is 12.4. The van der Waals surface area contributed by atoms with Crippen molar-refractivity contribution in [2.45, 2.75) is 26.3 Å². The van der Waals surface area contributed by atoms with Gasteiger partial charge in [-0.3, -0.25) is 4.79 Å². The van der Waals surface area contributed by atoms with Gasteiger partial charge in [-0.2, -0.15) is 0 Å². The molecule has 2 aromatic heterocycles. The predicted octanol–water partition coefficient (Wildman–Crippen LogP) is 2.72. The van der Waals surface area contributed by atoms with Gasteiger partial charge in [0.2, 0.25) is 0 Å². The number of pyridine rings is 1. The van der Waals surface area contributed by atoms with Gasteiger partial charge >= 0.3 is 0 Å². The summed E-state index contributed by atoms with van der Waals surface area (Å²) in [5.41, 5.74) is 1.37. The van der Waals surface area contributed by atoms with E-state index in [1.807, 2.05) is 17.5 Å². The molecule has 1 atom stereocenters. The lowest BCUT2D eigenvalue weighted by atomic mass is 10.2. The van der Waals surface area contributed by atoms with Crippen LogP contribution in [0.4, 0.5) is 5.13 Å². The number of nitrogens with zero attached hydrogens (tertiary/aromatic N) is 2. The molecular weight excluding hydrogens is 246 g/mol. The maximum Gasteiger partial charge on any atom is 0.259 e. The maximum atomic E-state index is 12.0. The van der Waals surface area contributed by atoms with E-state index in [-0.39, 0.29) is 5.56 Å². The van der Waals surface area contributed by atoms with Crippen molar-refractivity contribution in [2.75, 3.05) is 5.32 Å². The fraction of sp³-hybridized carbons (Fsp3) is 0.385. The van der Waals surface area contributed by atoms with Gasteiger partial charge in [-0.15, -0.1) is 11.3 Å². The van der Waals surface area contributed by atoms with Crippen molar-refractivity contribution in [3.63, 3.8) is 0 Å². The van der Waals surface area contributed by atoms with Crippen LogP contribution in [0.25, 0.3) is 11.3 Å². The van der Waals surface area contributed by atoms with Gasteiger partial charge in [-0.25, -0.2) is 4.98 Å². The molecule has 4 nitrogen and oxygen atoms in total. The summed E-state index contributed by atoms with van der Waals surface area (Å²) in [4.78, 5) is 16.4. The molecule has 18 heavy (non-hydrogen) atoms. The zero-order valence-corrected chi connectivity index (χ0v) is 11.6. The van der Waals surface area contributed by atoms with Crippen molar-refractivity contribution in [3.05, 3.63) is 34.1 Å². The fourth-order valence-electron chi connectivity index (χ4n) is 1.57. The van der Waals surface area contributed by atoms with Gasteiger partial charge in [0.15, 0.2) is 5.13 Å². The van der Waals surface area contributed by atoms with Crippen molar-refractivity contribution in [1.29, 1.82) is 0 Å². The standard InChI is InChI=1S/C13H17N3OS/c1-4-9(2)14-13-15-11(8-18-13)10-6-5-7-16(3)12(10)17/h5-9H,4H2,1-3H3,(H,14,15). The smallest absolute Gasteiger partial charge is 0.259 e. The van der Waals surface area contributed by atoms with Gasteiger partial charge in [0.25, 0.3) is 5.56 Å². The molecule has 0 aromatic carbocycles. The summed E-state index contributed by atoms with van der Waals surface area (Å²) in [5, 5.41) is 6.10. The summed E-state index contributed by atoms with van der Waals surface area (Å²) in [6.45, 7) is 4.24. The van der Waals surface area contributed by atoms with Crippen molar-refractivity contribution in [2.24, 2.45) is 7.05 Å². The molecule has 5 heteroatoms. The van der Waals surface area contributed by atoms with Gasteiger partial charge in [0.05, 0.1) is 11.3 Å². The number of anilines is 1. The first-order valence-electron chi connectivity index (χ1n) is 6.00. The van der Waals surface area contributed by atoms with Crippen LogP contribution in [-0.2, 0) is 7.05 Å². The molecule has 0 radical (unpaired) electrons. The molecule has 0 amide bonds. The SMILES string of the molecule is CCC(C)Nc1nc(-c2cccn(C)c2=O)cs1. The first-order valence-corrected chi connectivity index (χ1v) is 6.88. The van der Waals surface area contributed by atoms with E-state index in [1.165, 1.54) is 11.3 Å². The molecule has 0 aliphatic heterocycles. The summed E-state index contributed by atoms with van der Waals surface area (Å²) in [6.07, 6.45) is 2.79. The molecule has 0 spiro atoms. The Kier molecular flexibility index (Phi) is 3.81. The van der Waals surface area contributed by atoms with E-state index in [0.717, 1.165) is 17.2 Å². The second kappa shape index (κ2) is 5.35. The van der Waals surface area contributed by atoms with E-state index >= 15 is 0 Å². The zero-order chi connectivity index (χ0) is 13.1. The zero-order valence-electron chi connectivity index (χ0n) is 10.8. The number of aryl methyl sites for hydroxylation is 1. The first-order chi connectivity index (χ1) is 8.61. The molecule has 0 saturated carbocycles. The lowest BCUT2D eigenvalue weighted by Gasteiger charge is -2.08. The molecular formula is C13H17N3OS. The predicted molar refractivity (Wildman–Crippen MR) is 76.2 cm³/mol. The molecule has 0 bridgehead atoms. The Balaban J connectivity index is 2.30. The number of aromatic nitrogens is 2. The molecule has 2 heterocycles.